The molecule has 2 heterocycles. The van der Waals surface area contributed by atoms with Gasteiger partial charge in [-0.05, 0) is 66.2 Å². The highest BCUT2D eigenvalue weighted by Gasteiger charge is 2.14. The van der Waals surface area contributed by atoms with Crippen LogP contribution in [0.15, 0.2) is 90.1 Å². The summed E-state index contributed by atoms with van der Waals surface area (Å²) in [6.45, 7) is 4.37. The summed E-state index contributed by atoms with van der Waals surface area (Å²) in [7, 11) is -3.76. The van der Waals surface area contributed by atoms with Crippen molar-refractivity contribution in [3.63, 3.8) is 0 Å². The molecule has 0 amide bonds. The Morgan fingerprint density at radius 3 is 2.00 bits per heavy atom. The number of anilines is 1. The zero-order valence-electron chi connectivity index (χ0n) is 20.3. The summed E-state index contributed by atoms with van der Waals surface area (Å²) < 4.78 is 24.9. The lowest BCUT2D eigenvalue weighted by Gasteiger charge is -2.12. The van der Waals surface area contributed by atoms with Crippen LogP contribution < -0.4 is 10.5 Å². The molecule has 0 aliphatic carbocycles. The molecule has 37 heavy (non-hydrogen) atoms. The third-order valence-electron chi connectivity index (χ3n) is 5.53. The van der Waals surface area contributed by atoms with E-state index in [9.17, 15) is 18.6 Å². The van der Waals surface area contributed by atoms with E-state index in [-0.39, 0.29) is 16.4 Å². The smallest absolute Gasteiger partial charge is 0.238 e. The molecule has 0 unspecified atom stereocenters. The van der Waals surface area contributed by atoms with Crippen molar-refractivity contribution in [2.24, 2.45) is 5.14 Å². The number of rotatable bonds is 6. The molecule has 0 bridgehead atoms. The Hall–Kier alpha value is -4.41. The van der Waals surface area contributed by atoms with Gasteiger partial charge in [0.05, 0.1) is 22.5 Å². The van der Waals surface area contributed by atoms with E-state index in [4.69, 9.17) is 10.1 Å². The molecule has 0 saturated carbocycles. The first-order valence-electron chi connectivity index (χ1n) is 11.6. The molecule has 2 aromatic heterocycles. The summed E-state index contributed by atoms with van der Waals surface area (Å²) in [4.78, 5) is 9.37. The van der Waals surface area contributed by atoms with Gasteiger partial charge in [0.15, 0.2) is 11.5 Å². The van der Waals surface area contributed by atoms with Gasteiger partial charge in [0.25, 0.3) is 0 Å². The standard InChI is InChI=1S/C25H21N5O4S.C2H6/c26-35(33,34)21-11-1-16(2-12-21)13-27-24-25-28-14-23(18-5-9-20(32)10-6-18)30(25)15-22(29-24)17-3-7-19(31)8-4-17;1-2/h1-12,14-15,31-32H,13H2,(H,27,29)(H2,26,33,34);1-2H3. The van der Waals surface area contributed by atoms with Crippen molar-refractivity contribution in [2.75, 3.05) is 5.32 Å². The topological polar surface area (TPSA) is 143 Å². The van der Waals surface area contributed by atoms with Crippen LogP contribution in [0.4, 0.5) is 5.82 Å². The van der Waals surface area contributed by atoms with E-state index >= 15 is 0 Å². The highest BCUT2D eigenvalue weighted by Crippen LogP contribution is 2.29. The molecule has 0 spiro atoms. The van der Waals surface area contributed by atoms with Crippen LogP contribution in [0.1, 0.15) is 19.4 Å². The van der Waals surface area contributed by atoms with Crippen molar-refractivity contribution in [1.82, 2.24) is 14.4 Å². The molecule has 5 aromatic rings. The first-order chi connectivity index (χ1) is 17.8. The average molecular weight is 518 g/mol. The van der Waals surface area contributed by atoms with Gasteiger partial charge in [0.2, 0.25) is 10.0 Å². The van der Waals surface area contributed by atoms with Crippen LogP contribution >= 0.6 is 0 Å². The lowest BCUT2D eigenvalue weighted by molar-refractivity contribution is 0.475. The van der Waals surface area contributed by atoms with Gasteiger partial charge in [-0.2, -0.15) is 0 Å². The number of phenolic OH excluding ortho intramolecular Hbond substituents is 2. The van der Waals surface area contributed by atoms with E-state index in [1.807, 2.05) is 24.4 Å². The van der Waals surface area contributed by atoms with Crippen LogP contribution in [0.2, 0.25) is 0 Å². The van der Waals surface area contributed by atoms with Crippen molar-refractivity contribution in [2.45, 2.75) is 25.3 Å². The van der Waals surface area contributed by atoms with Crippen LogP contribution in [-0.4, -0.2) is 33.0 Å². The largest absolute Gasteiger partial charge is 0.508 e. The zero-order chi connectivity index (χ0) is 26.6. The number of imidazole rings is 1. The number of hydrogen-bond acceptors (Lipinski definition) is 7. The highest BCUT2D eigenvalue weighted by molar-refractivity contribution is 7.89. The van der Waals surface area contributed by atoms with Gasteiger partial charge in [-0.15, -0.1) is 0 Å². The van der Waals surface area contributed by atoms with Crippen molar-refractivity contribution < 1.29 is 18.6 Å². The number of phenols is 2. The van der Waals surface area contributed by atoms with E-state index in [1.54, 1.807) is 66.9 Å². The minimum Gasteiger partial charge on any atom is -0.508 e. The molecule has 0 aliphatic rings. The number of nitrogens with one attached hydrogen (secondary N) is 1. The molecule has 0 fully saturated rings. The van der Waals surface area contributed by atoms with Gasteiger partial charge in [0.1, 0.15) is 11.5 Å². The van der Waals surface area contributed by atoms with E-state index in [2.05, 4.69) is 10.3 Å². The predicted octanol–water partition coefficient (Wildman–Crippen LogP) is 4.76. The molecule has 0 aliphatic heterocycles. The predicted molar refractivity (Wildman–Crippen MR) is 144 cm³/mol. The van der Waals surface area contributed by atoms with Crippen LogP contribution in [-0.2, 0) is 16.6 Å². The second kappa shape index (κ2) is 10.7. The summed E-state index contributed by atoms with van der Waals surface area (Å²) in [5.41, 5.74) is 4.55. The number of hydrogen-bond donors (Lipinski definition) is 4. The Bertz CT molecular complexity index is 1610. The van der Waals surface area contributed by atoms with Gasteiger partial charge < -0.3 is 15.5 Å². The fraction of sp³-hybridized carbons (Fsp3) is 0.111. The van der Waals surface area contributed by atoms with Crippen molar-refractivity contribution in [3.8, 4) is 34.0 Å². The lowest BCUT2D eigenvalue weighted by Crippen LogP contribution is -2.12. The number of aromatic nitrogens is 3. The molecule has 9 nitrogen and oxygen atoms in total. The lowest BCUT2D eigenvalue weighted by atomic mass is 10.1. The SMILES string of the molecule is CC.NS(=O)(=O)c1ccc(CNc2nc(-c3ccc(O)cc3)cn3c(-c4ccc(O)cc4)cnc23)cc1. The summed E-state index contributed by atoms with van der Waals surface area (Å²) in [5.74, 6) is 0.851. The molecule has 0 radical (unpaired) electrons. The Balaban J connectivity index is 0.00000156. The number of nitrogens with zero attached hydrogens (tertiary/aromatic N) is 3. The Labute approximate surface area is 214 Å². The van der Waals surface area contributed by atoms with Crippen molar-refractivity contribution in [1.29, 1.82) is 0 Å². The van der Waals surface area contributed by atoms with Gasteiger partial charge in [-0.3, -0.25) is 4.40 Å². The van der Waals surface area contributed by atoms with Gasteiger partial charge in [-0.25, -0.2) is 23.5 Å². The highest BCUT2D eigenvalue weighted by atomic mass is 32.2. The third kappa shape index (κ3) is 5.71. The van der Waals surface area contributed by atoms with Crippen molar-refractivity contribution in [3.05, 3.63) is 90.8 Å². The second-order valence-electron chi connectivity index (χ2n) is 7.95. The third-order valence-corrected chi connectivity index (χ3v) is 6.46. The fourth-order valence-corrected chi connectivity index (χ4v) is 4.22. The Kier molecular flexibility index (Phi) is 7.42. The molecule has 5 N–H and O–H groups in total. The molecule has 190 valence electrons. The van der Waals surface area contributed by atoms with Gasteiger partial charge in [-0.1, -0.05) is 26.0 Å². The van der Waals surface area contributed by atoms with Crippen LogP contribution in [0.3, 0.4) is 0 Å². The monoisotopic (exact) mass is 517 g/mol. The van der Waals surface area contributed by atoms with Crippen molar-refractivity contribution >= 4 is 21.5 Å². The first kappa shape index (κ1) is 25.7. The van der Waals surface area contributed by atoms with Crippen LogP contribution in [0.5, 0.6) is 11.5 Å². The van der Waals surface area contributed by atoms with Gasteiger partial charge >= 0.3 is 0 Å². The fourth-order valence-electron chi connectivity index (χ4n) is 3.71. The molecule has 10 heteroatoms. The molecule has 5 rings (SSSR count). The van der Waals surface area contributed by atoms with E-state index in [0.29, 0.717) is 23.7 Å². The number of aromatic hydroxyl groups is 2. The number of nitrogens with two attached hydrogens (primary N) is 1. The molecule has 0 atom stereocenters. The molecular weight excluding hydrogens is 490 g/mol. The first-order valence-corrected chi connectivity index (χ1v) is 13.1. The van der Waals surface area contributed by atoms with E-state index < -0.39 is 10.0 Å². The minimum atomic E-state index is -3.76. The maximum absolute atomic E-state index is 11.5. The minimum absolute atomic E-state index is 0.0443. The molecule has 0 saturated heterocycles. The number of fused-ring (bicyclic) bond motifs is 1. The maximum Gasteiger partial charge on any atom is 0.238 e. The van der Waals surface area contributed by atoms with Gasteiger partial charge in [0, 0.05) is 23.9 Å². The Morgan fingerprint density at radius 1 is 0.865 bits per heavy atom. The summed E-state index contributed by atoms with van der Waals surface area (Å²) in [6, 6.07) is 19.9. The average Bonchev–Trinajstić information content (AvgIpc) is 3.33. The quantitative estimate of drug-likeness (QED) is 0.254. The second-order valence-corrected chi connectivity index (χ2v) is 9.51. The summed E-state index contributed by atoms with van der Waals surface area (Å²) in [5, 5.41) is 27.8. The summed E-state index contributed by atoms with van der Waals surface area (Å²) in [6.07, 6.45) is 3.60. The van der Waals surface area contributed by atoms with E-state index in [0.717, 1.165) is 22.4 Å². The number of benzene rings is 3. The van der Waals surface area contributed by atoms with E-state index in [1.165, 1.54) is 12.1 Å². The number of sulfonamides is 1. The van der Waals surface area contributed by atoms with Crippen LogP contribution in [0, 0.1) is 0 Å². The number of primary sulfonamides is 1. The van der Waals surface area contributed by atoms with Crippen LogP contribution in [0.25, 0.3) is 28.2 Å². The zero-order valence-corrected chi connectivity index (χ0v) is 21.1. The Morgan fingerprint density at radius 2 is 1.43 bits per heavy atom. The summed E-state index contributed by atoms with van der Waals surface area (Å²) >= 11 is 0. The normalized spacial score (nSPS) is 11.1. The maximum atomic E-state index is 11.5. The molecular formula is C27H27N5O4S. The molecule has 3 aromatic carbocycles.